The maximum absolute atomic E-state index is 7.51. The largest absolute Gasteiger partial charge is 0.307 e. The van der Waals surface area contributed by atoms with E-state index >= 15 is 0 Å². The van der Waals surface area contributed by atoms with Gasteiger partial charge in [-0.1, -0.05) is 35.1 Å². The summed E-state index contributed by atoms with van der Waals surface area (Å²) in [7, 11) is 0. The Kier molecular flexibility index (Phi) is 3.47. The first-order valence-corrected chi connectivity index (χ1v) is 19.0. The zero-order valence-electron chi connectivity index (χ0n) is 26.0. The average Bonchev–Trinajstić information content (AvgIpc) is 3.72. The monoisotopic (exact) mass is 623 g/mol. The first-order chi connectivity index (χ1) is 22.3. The van der Waals surface area contributed by atoms with Crippen LogP contribution >= 0.6 is 6.04 Å². The van der Waals surface area contributed by atoms with Gasteiger partial charge in [0.25, 0.3) is 0 Å². The maximum atomic E-state index is 7.51. The highest BCUT2D eigenvalue weighted by atomic mass is 32.4. The van der Waals surface area contributed by atoms with Crippen molar-refractivity contribution in [2.24, 2.45) is 0 Å². The summed E-state index contributed by atoms with van der Waals surface area (Å²) in [6.07, 6.45) is 0. The molecule has 1 unspecified atom stereocenters. The van der Waals surface area contributed by atoms with Crippen molar-refractivity contribution in [3.05, 3.63) is 94.5 Å². The fraction of sp³-hybridized carbons (Fsp3) is 0.122. The van der Waals surface area contributed by atoms with Gasteiger partial charge in [-0.2, -0.15) is 0 Å². The standard InChI is InChI=1S/C41H26N3PS/c1-17-6-8-30-22(10-17)26-14-20(4)32-39-35(26)42(30)33-21(5)15-27-24-12-19(3)13-25-29-16-28-23-11-18(2)7-9-31(23)43(32)36(28)41-38(29)44(34(24)25)37(27)40(33)45(39,41)46/h6-16H,1-5H3. The molecule has 13 rings (SSSR count). The first-order valence-electron chi connectivity index (χ1n) is 16.2. The van der Waals surface area contributed by atoms with E-state index in [1.54, 1.807) is 0 Å². The average molecular weight is 624 g/mol. The molecule has 0 bridgehead atoms. The molecule has 6 aromatic carbocycles. The zero-order chi connectivity index (χ0) is 30.4. The second-order valence-electron chi connectivity index (χ2n) is 14.5. The second-order valence-corrected chi connectivity index (χ2v) is 18.7. The molecule has 3 aliphatic heterocycles. The Hall–Kier alpha value is -4.63. The molecule has 0 radical (unpaired) electrons. The molecule has 7 heterocycles. The summed E-state index contributed by atoms with van der Waals surface area (Å²) in [5.41, 5.74) is 18.5. The fourth-order valence-electron chi connectivity index (χ4n) is 10.3. The normalized spacial score (nSPS) is 17.4. The van der Waals surface area contributed by atoms with Crippen molar-refractivity contribution in [2.75, 3.05) is 0 Å². The number of hydrogen-bond donors (Lipinski definition) is 0. The Labute approximate surface area is 268 Å². The number of benzene rings is 6. The van der Waals surface area contributed by atoms with Gasteiger partial charge in [0.2, 0.25) is 0 Å². The van der Waals surface area contributed by atoms with Gasteiger partial charge in [0.15, 0.2) is 0 Å². The van der Waals surface area contributed by atoms with Gasteiger partial charge in [-0.3, -0.25) is 0 Å². The SMILES string of the molecule is Cc1ccc2c(c1)c1cc(C)c3c4c1n2-c1c(C)cc2c5cc(C)cc6c7cc8c9cc(C)ccc9n-3c8c3c7n(c2c1P43=S)c56. The number of rotatable bonds is 0. The van der Waals surface area contributed by atoms with E-state index in [1.165, 1.54) is 137 Å². The van der Waals surface area contributed by atoms with Crippen molar-refractivity contribution < 1.29 is 0 Å². The summed E-state index contributed by atoms with van der Waals surface area (Å²) in [5.74, 6) is 0. The summed E-state index contributed by atoms with van der Waals surface area (Å²) >= 11 is 7.51. The third kappa shape index (κ3) is 2.07. The van der Waals surface area contributed by atoms with Gasteiger partial charge >= 0.3 is 0 Å². The molecule has 1 atom stereocenters. The van der Waals surface area contributed by atoms with E-state index in [0.717, 1.165) is 0 Å². The molecule has 10 aromatic rings. The van der Waals surface area contributed by atoms with Crippen LogP contribution < -0.4 is 15.9 Å². The summed E-state index contributed by atoms with van der Waals surface area (Å²) in [4.78, 5) is 0. The summed E-state index contributed by atoms with van der Waals surface area (Å²) in [5, 5.41) is 15.0. The lowest BCUT2D eigenvalue weighted by molar-refractivity contribution is 1.13. The van der Waals surface area contributed by atoms with Crippen LogP contribution in [-0.2, 0) is 11.8 Å². The fourth-order valence-corrected chi connectivity index (χ4v) is 15.8. The number of fused-ring (bicyclic) bond motifs is 10. The van der Waals surface area contributed by atoms with Crippen molar-refractivity contribution in [1.82, 2.24) is 13.5 Å². The number of nitrogens with zero attached hydrogens (tertiary/aromatic N) is 3. The number of aromatic nitrogens is 3. The van der Waals surface area contributed by atoms with Crippen LogP contribution in [0.3, 0.4) is 0 Å². The summed E-state index contributed by atoms with van der Waals surface area (Å²) in [6, 6.07) is 23.8. The second kappa shape index (κ2) is 6.74. The lowest BCUT2D eigenvalue weighted by Gasteiger charge is -2.41. The molecule has 0 saturated carbocycles. The molecular formula is C41H26N3PS. The van der Waals surface area contributed by atoms with Crippen LogP contribution in [0.1, 0.15) is 27.8 Å². The van der Waals surface area contributed by atoms with Gasteiger partial charge in [0.1, 0.15) is 0 Å². The van der Waals surface area contributed by atoms with Crippen molar-refractivity contribution >= 4 is 115 Å². The smallest absolute Gasteiger partial charge is 0.0654 e. The Morgan fingerprint density at radius 2 is 0.870 bits per heavy atom. The lowest BCUT2D eigenvalue weighted by Crippen LogP contribution is -2.41. The third-order valence-electron chi connectivity index (χ3n) is 11.8. The molecule has 4 aromatic heterocycles. The molecule has 3 nitrogen and oxygen atoms in total. The van der Waals surface area contributed by atoms with Crippen LogP contribution in [0, 0.1) is 34.6 Å². The van der Waals surface area contributed by atoms with E-state index in [1.807, 2.05) is 0 Å². The van der Waals surface area contributed by atoms with E-state index < -0.39 is 6.04 Å². The predicted molar refractivity (Wildman–Crippen MR) is 200 cm³/mol. The quantitative estimate of drug-likeness (QED) is 0.154. The van der Waals surface area contributed by atoms with E-state index in [0.29, 0.717) is 0 Å². The summed E-state index contributed by atoms with van der Waals surface area (Å²) in [6.45, 7) is 11.3. The summed E-state index contributed by atoms with van der Waals surface area (Å²) < 4.78 is 7.90. The molecule has 0 spiro atoms. The molecule has 5 heteroatoms. The molecule has 0 amide bonds. The highest BCUT2D eigenvalue weighted by Gasteiger charge is 2.49. The lowest BCUT2D eigenvalue weighted by atomic mass is 10.0. The van der Waals surface area contributed by atoms with Crippen molar-refractivity contribution in [3.8, 4) is 11.4 Å². The van der Waals surface area contributed by atoms with E-state index in [2.05, 4.69) is 115 Å². The highest BCUT2D eigenvalue weighted by molar-refractivity contribution is 8.26. The van der Waals surface area contributed by atoms with Gasteiger partial charge in [-0.15, -0.1) is 0 Å². The number of hydrogen-bond acceptors (Lipinski definition) is 1. The molecule has 3 aliphatic rings. The topological polar surface area (TPSA) is 14.3 Å². The van der Waals surface area contributed by atoms with Crippen LogP contribution in [0.25, 0.3) is 93.1 Å². The molecule has 0 N–H and O–H groups in total. The Morgan fingerprint density at radius 1 is 0.435 bits per heavy atom. The minimum atomic E-state index is -2.51. The molecule has 216 valence electrons. The van der Waals surface area contributed by atoms with Crippen LogP contribution in [0.5, 0.6) is 0 Å². The van der Waals surface area contributed by atoms with Gasteiger partial charge < -0.3 is 13.5 Å². The Morgan fingerprint density at radius 3 is 1.48 bits per heavy atom. The maximum Gasteiger partial charge on any atom is 0.0654 e. The first kappa shape index (κ1) is 23.7. The van der Waals surface area contributed by atoms with E-state index in [9.17, 15) is 0 Å². The van der Waals surface area contributed by atoms with Crippen LogP contribution in [-0.4, -0.2) is 13.5 Å². The molecule has 0 saturated heterocycles. The minimum absolute atomic E-state index is 1.28. The van der Waals surface area contributed by atoms with Gasteiger partial charge in [-0.05, 0) is 106 Å². The van der Waals surface area contributed by atoms with Gasteiger partial charge in [0, 0.05) is 59.0 Å². The molecule has 46 heavy (non-hydrogen) atoms. The third-order valence-corrected chi connectivity index (χ3v) is 16.6. The molecular weight excluding hydrogens is 598 g/mol. The van der Waals surface area contributed by atoms with Crippen LogP contribution in [0.4, 0.5) is 0 Å². The Bertz CT molecular complexity index is 3330. The van der Waals surface area contributed by atoms with E-state index in [4.69, 9.17) is 11.8 Å². The predicted octanol–water partition coefficient (Wildman–Crippen LogP) is 9.27. The van der Waals surface area contributed by atoms with Gasteiger partial charge in [0.05, 0.1) is 56.0 Å². The van der Waals surface area contributed by atoms with Crippen molar-refractivity contribution in [3.63, 3.8) is 0 Å². The number of aryl methyl sites for hydroxylation is 5. The van der Waals surface area contributed by atoms with Crippen LogP contribution in [0.15, 0.2) is 66.7 Å². The minimum Gasteiger partial charge on any atom is -0.307 e. The zero-order valence-corrected chi connectivity index (χ0v) is 27.8. The Balaban J connectivity index is 1.50. The highest BCUT2D eigenvalue weighted by Crippen LogP contribution is 2.63. The van der Waals surface area contributed by atoms with E-state index in [-0.39, 0.29) is 0 Å². The van der Waals surface area contributed by atoms with Gasteiger partial charge in [-0.25, -0.2) is 0 Å². The molecule has 0 aliphatic carbocycles. The van der Waals surface area contributed by atoms with Crippen molar-refractivity contribution in [1.29, 1.82) is 0 Å². The van der Waals surface area contributed by atoms with Crippen LogP contribution in [0.2, 0.25) is 0 Å². The van der Waals surface area contributed by atoms with Crippen molar-refractivity contribution in [2.45, 2.75) is 34.6 Å². The molecule has 0 fully saturated rings.